The van der Waals surface area contributed by atoms with Gasteiger partial charge < -0.3 is 15.6 Å². The monoisotopic (exact) mass is 268 g/mol. The van der Waals surface area contributed by atoms with Gasteiger partial charge in [-0.25, -0.2) is 9.97 Å². The summed E-state index contributed by atoms with van der Waals surface area (Å²) in [6, 6.07) is 4.81. The van der Waals surface area contributed by atoms with E-state index in [1.165, 1.54) is 6.07 Å². The molecule has 0 unspecified atom stereocenters. The van der Waals surface area contributed by atoms with Gasteiger partial charge in [0.1, 0.15) is 5.82 Å². The molecule has 20 heavy (non-hydrogen) atoms. The largest absolute Gasteiger partial charge is 0.543 e. The summed E-state index contributed by atoms with van der Waals surface area (Å²) < 4.78 is 0. The van der Waals surface area contributed by atoms with Crippen LogP contribution in [-0.4, -0.2) is 22.2 Å². The van der Waals surface area contributed by atoms with Crippen LogP contribution in [0.1, 0.15) is 32.0 Å². The zero-order valence-corrected chi connectivity index (χ0v) is 10.4. The van der Waals surface area contributed by atoms with E-state index >= 15 is 0 Å². The minimum absolute atomic E-state index is 0.118. The predicted octanol–water partition coefficient (Wildman–Crippen LogP) is 0.000400. The average molecular weight is 268 g/mol. The van der Waals surface area contributed by atoms with Crippen LogP contribution in [0.3, 0.4) is 0 Å². The second kappa shape index (κ2) is 4.41. The molecule has 3 rings (SSSR count). The van der Waals surface area contributed by atoms with Gasteiger partial charge in [0, 0.05) is 0 Å². The van der Waals surface area contributed by atoms with Gasteiger partial charge in [0.2, 0.25) is 0 Å². The zero-order chi connectivity index (χ0) is 14.3. The lowest BCUT2D eigenvalue weighted by Gasteiger charge is -2.19. The number of carbonyl (C=O) groups is 2. The number of carboxylic acid groups (broad SMARTS) is 1. The number of aromatic nitrogens is 2. The Balaban J connectivity index is 2.23. The third kappa shape index (κ3) is 1.82. The van der Waals surface area contributed by atoms with Gasteiger partial charge in [-0.1, -0.05) is 6.07 Å². The molecule has 0 bridgehead atoms. The Morgan fingerprint density at radius 2 is 1.90 bits per heavy atom. The quantitative estimate of drug-likeness (QED) is 0.768. The molecule has 6 heteroatoms. The van der Waals surface area contributed by atoms with Crippen molar-refractivity contribution in [3.63, 3.8) is 0 Å². The Hall–Kier alpha value is -2.76. The minimum Gasteiger partial charge on any atom is -0.543 e. The second-order valence-corrected chi connectivity index (χ2v) is 4.58. The van der Waals surface area contributed by atoms with Crippen LogP contribution in [0.5, 0.6) is 0 Å². The number of rotatable bonds is 2. The first kappa shape index (κ1) is 12.3. The fourth-order valence-electron chi connectivity index (χ4n) is 2.35. The van der Waals surface area contributed by atoms with Crippen LogP contribution in [-0.2, 0) is 12.8 Å². The fraction of sp³-hybridized carbons (Fsp3) is 0.143. The van der Waals surface area contributed by atoms with Gasteiger partial charge in [-0.05, 0) is 36.1 Å². The van der Waals surface area contributed by atoms with E-state index in [2.05, 4.69) is 9.97 Å². The minimum atomic E-state index is -1.34. The van der Waals surface area contributed by atoms with Crippen molar-refractivity contribution in [3.05, 3.63) is 40.6 Å². The maximum absolute atomic E-state index is 10.9. The van der Waals surface area contributed by atoms with Crippen LogP contribution in [0.15, 0.2) is 18.2 Å². The molecule has 0 radical (unpaired) electrons. The molecule has 2 N–H and O–H groups in total. The second-order valence-electron chi connectivity index (χ2n) is 4.58. The molecule has 0 spiro atoms. The van der Waals surface area contributed by atoms with Gasteiger partial charge in [-0.2, -0.15) is 0 Å². The molecule has 0 saturated heterocycles. The van der Waals surface area contributed by atoms with Gasteiger partial charge in [-0.3, -0.25) is 4.79 Å². The number of carbonyl (C=O) groups excluding carboxylic acids is 2. The topological polar surface area (TPSA) is 109 Å². The molecule has 0 atom stereocenters. The zero-order valence-electron chi connectivity index (χ0n) is 10.4. The highest BCUT2D eigenvalue weighted by Gasteiger charge is 2.21. The molecular formula is C14H10N3O3-. The third-order valence-corrected chi connectivity index (χ3v) is 3.36. The molecule has 0 saturated carbocycles. The van der Waals surface area contributed by atoms with Gasteiger partial charge >= 0.3 is 0 Å². The van der Waals surface area contributed by atoms with E-state index in [1.807, 2.05) is 0 Å². The number of aldehydes is 1. The molecule has 2 aromatic rings. The van der Waals surface area contributed by atoms with Gasteiger partial charge in [0.25, 0.3) is 0 Å². The van der Waals surface area contributed by atoms with E-state index < -0.39 is 5.97 Å². The molecule has 0 aliphatic heterocycles. The first-order valence-electron chi connectivity index (χ1n) is 6.06. The molecule has 0 amide bonds. The van der Waals surface area contributed by atoms with Crippen LogP contribution in [0.2, 0.25) is 0 Å². The summed E-state index contributed by atoms with van der Waals surface area (Å²) in [5, 5.41) is 10.9. The lowest BCUT2D eigenvalue weighted by atomic mass is 9.91. The number of aryl methyl sites for hydroxylation is 2. The average Bonchev–Trinajstić information content (AvgIpc) is 2.45. The van der Waals surface area contributed by atoms with Crippen molar-refractivity contribution in [1.29, 1.82) is 0 Å². The Labute approximate surface area is 114 Å². The molecule has 0 fully saturated rings. The van der Waals surface area contributed by atoms with E-state index in [4.69, 9.17) is 5.73 Å². The van der Waals surface area contributed by atoms with Crippen molar-refractivity contribution in [2.24, 2.45) is 0 Å². The van der Waals surface area contributed by atoms with Gasteiger partial charge in [-0.15, -0.1) is 0 Å². The Kier molecular flexibility index (Phi) is 2.71. The highest BCUT2D eigenvalue weighted by Crippen LogP contribution is 2.32. The highest BCUT2D eigenvalue weighted by molar-refractivity contribution is 5.86. The van der Waals surface area contributed by atoms with Crippen molar-refractivity contribution in [2.45, 2.75) is 12.8 Å². The van der Waals surface area contributed by atoms with Crippen molar-refractivity contribution in [3.8, 4) is 11.4 Å². The van der Waals surface area contributed by atoms with Crippen LogP contribution < -0.4 is 10.8 Å². The number of hydrogen-bond acceptors (Lipinski definition) is 6. The first-order valence-corrected chi connectivity index (χ1v) is 6.06. The number of aromatic carboxylic acids is 1. The Morgan fingerprint density at radius 1 is 1.20 bits per heavy atom. The van der Waals surface area contributed by atoms with Crippen LogP contribution >= 0.6 is 0 Å². The molecule has 2 heterocycles. The van der Waals surface area contributed by atoms with E-state index in [0.717, 1.165) is 11.1 Å². The fourth-order valence-corrected chi connectivity index (χ4v) is 2.35. The SMILES string of the molecule is Nc1nc2c(cc1C=O)CCc1ccc(C(=O)[O-])nc1-2. The molecule has 1 aliphatic carbocycles. The predicted molar refractivity (Wildman–Crippen MR) is 69.0 cm³/mol. The lowest BCUT2D eigenvalue weighted by Crippen LogP contribution is -2.24. The standard InChI is InChI=1S/C14H11N3O3/c15-13-9(6-18)5-8-2-1-7-3-4-10(14(19)20)16-11(7)12(8)17-13/h3-6H,1-2H2,(H2,15,17)(H,19,20)/p-1. The van der Waals surface area contributed by atoms with Crippen molar-refractivity contribution in [1.82, 2.24) is 9.97 Å². The number of pyridine rings is 2. The first-order chi connectivity index (χ1) is 9.60. The molecule has 1 aliphatic rings. The number of fused-ring (bicyclic) bond motifs is 3. The van der Waals surface area contributed by atoms with Crippen LogP contribution in [0, 0.1) is 0 Å². The summed E-state index contributed by atoms with van der Waals surface area (Å²) in [5.74, 6) is -1.22. The van der Waals surface area contributed by atoms with Crippen molar-refractivity contribution in [2.75, 3.05) is 5.73 Å². The number of hydrogen-bond donors (Lipinski definition) is 1. The molecular weight excluding hydrogens is 258 g/mol. The summed E-state index contributed by atoms with van der Waals surface area (Å²) in [7, 11) is 0. The molecule has 6 nitrogen and oxygen atoms in total. The van der Waals surface area contributed by atoms with E-state index in [9.17, 15) is 14.7 Å². The van der Waals surface area contributed by atoms with Gasteiger partial charge in [0.15, 0.2) is 6.29 Å². The smallest absolute Gasteiger partial charge is 0.153 e. The summed E-state index contributed by atoms with van der Waals surface area (Å²) in [4.78, 5) is 30.1. The Bertz CT molecular complexity index is 741. The molecule has 100 valence electrons. The maximum Gasteiger partial charge on any atom is 0.153 e. The number of anilines is 1. The maximum atomic E-state index is 10.9. The lowest BCUT2D eigenvalue weighted by molar-refractivity contribution is -0.255. The van der Waals surface area contributed by atoms with Crippen molar-refractivity contribution < 1.29 is 14.7 Å². The van der Waals surface area contributed by atoms with E-state index in [0.29, 0.717) is 36.1 Å². The number of nitrogens with two attached hydrogens (primary N) is 1. The highest BCUT2D eigenvalue weighted by atomic mass is 16.4. The van der Waals surface area contributed by atoms with Crippen molar-refractivity contribution >= 4 is 18.1 Å². The third-order valence-electron chi connectivity index (χ3n) is 3.36. The van der Waals surface area contributed by atoms with Crippen LogP contribution in [0.25, 0.3) is 11.4 Å². The summed E-state index contributed by atoms with van der Waals surface area (Å²) in [6.07, 6.45) is 2.08. The van der Waals surface area contributed by atoms with E-state index in [1.54, 1.807) is 12.1 Å². The Morgan fingerprint density at radius 3 is 2.60 bits per heavy atom. The normalized spacial score (nSPS) is 12.4. The number of nitrogen functional groups attached to an aromatic ring is 1. The van der Waals surface area contributed by atoms with E-state index in [-0.39, 0.29) is 11.5 Å². The summed E-state index contributed by atoms with van der Waals surface area (Å²) >= 11 is 0. The summed E-state index contributed by atoms with van der Waals surface area (Å²) in [6.45, 7) is 0. The molecule has 2 aromatic heterocycles. The van der Waals surface area contributed by atoms with Gasteiger partial charge in [0.05, 0.1) is 28.6 Å². The van der Waals surface area contributed by atoms with Crippen LogP contribution in [0.4, 0.5) is 5.82 Å². The molecule has 0 aromatic carbocycles. The number of nitrogens with zero attached hydrogens (tertiary/aromatic N) is 2. The number of carboxylic acids is 1. The summed E-state index contributed by atoms with van der Waals surface area (Å²) in [5.41, 5.74) is 8.70.